The van der Waals surface area contributed by atoms with Gasteiger partial charge in [0.15, 0.2) is 0 Å². The van der Waals surface area contributed by atoms with Gasteiger partial charge in [-0.1, -0.05) is 58.8 Å². The molecular weight excluding hydrogens is 638 g/mol. The summed E-state index contributed by atoms with van der Waals surface area (Å²) in [6.07, 6.45) is 11.0. The number of carbonyl (C=O) groups is 1. The number of rotatable bonds is 16. The number of hydrogen-bond donors (Lipinski definition) is 5. The summed E-state index contributed by atoms with van der Waals surface area (Å²) >= 11 is 0. The molecule has 0 aromatic carbocycles. The minimum Gasteiger partial charge on any atom is -0.378 e. The first-order valence-electron chi connectivity index (χ1n) is 20.5. The van der Waals surface area contributed by atoms with Crippen molar-refractivity contribution in [2.45, 2.75) is 177 Å². The fourth-order valence-corrected chi connectivity index (χ4v) is 11.1. The average Bonchev–Trinajstić information content (AvgIpc) is 3.68. The van der Waals surface area contributed by atoms with Crippen molar-refractivity contribution in [2.75, 3.05) is 46.3 Å². The number of hydrogen-bond acceptors (Lipinski definition) is 9. The SMILES string of the molecule is CCCCCCC1NCC(NC(=O)C(C(N)N)C2CC3(CCCCC)CCC(F)CN23)C(N2CCC(C(O)N3CC4CC3CN4C)CC2)C1F. The fraction of sp³-hybridized carbons (Fsp3) is 0.974. The van der Waals surface area contributed by atoms with Crippen LogP contribution in [0.25, 0.3) is 0 Å². The second-order valence-electron chi connectivity index (χ2n) is 17.2. The lowest BCUT2D eigenvalue weighted by Gasteiger charge is -2.64. The Bertz CT molecular complexity index is 1100. The van der Waals surface area contributed by atoms with Crippen LogP contribution in [-0.2, 0) is 4.79 Å². The Labute approximate surface area is 300 Å². The lowest BCUT2D eigenvalue weighted by molar-refractivity contribution is -0.160. The van der Waals surface area contributed by atoms with E-state index in [1.54, 1.807) is 0 Å². The van der Waals surface area contributed by atoms with Crippen molar-refractivity contribution in [2.24, 2.45) is 23.3 Å². The minimum absolute atomic E-state index is 0.0702. The number of aliphatic hydroxyl groups excluding tert-OH is 1. The number of halogens is 2. The summed E-state index contributed by atoms with van der Waals surface area (Å²) in [5, 5.41) is 18.2. The molecule has 0 saturated carbocycles. The Morgan fingerprint density at radius 3 is 2.40 bits per heavy atom. The minimum atomic E-state index is -1.14. The number of nitrogens with one attached hydrogen (secondary N) is 2. The first-order valence-corrected chi connectivity index (χ1v) is 20.5. The van der Waals surface area contributed by atoms with E-state index in [2.05, 4.69) is 51.1 Å². The molecule has 7 N–H and O–H groups in total. The molecule has 50 heavy (non-hydrogen) atoms. The topological polar surface area (TPSA) is 126 Å². The van der Waals surface area contributed by atoms with E-state index in [1.165, 1.54) is 0 Å². The van der Waals surface area contributed by atoms with E-state index in [9.17, 15) is 14.3 Å². The Hall–Kier alpha value is -0.990. The molecular formula is C38H70F2N8O2. The van der Waals surface area contributed by atoms with Gasteiger partial charge in [-0.05, 0) is 71.5 Å². The molecule has 288 valence electrons. The van der Waals surface area contributed by atoms with Crippen molar-refractivity contribution in [3.05, 3.63) is 0 Å². The highest BCUT2D eigenvalue weighted by molar-refractivity contribution is 5.81. The summed E-state index contributed by atoms with van der Waals surface area (Å²) in [5.41, 5.74) is 12.7. The van der Waals surface area contributed by atoms with Crippen LogP contribution in [0.15, 0.2) is 0 Å². The monoisotopic (exact) mass is 709 g/mol. The van der Waals surface area contributed by atoms with E-state index in [0.717, 1.165) is 103 Å². The molecule has 12 heteroatoms. The maximum atomic E-state index is 16.8. The van der Waals surface area contributed by atoms with Gasteiger partial charge in [0.05, 0.1) is 24.2 Å². The maximum absolute atomic E-state index is 16.8. The number of nitrogens with zero attached hydrogens (tertiary/aromatic N) is 4. The van der Waals surface area contributed by atoms with Gasteiger partial charge >= 0.3 is 0 Å². The third-order valence-electron chi connectivity index (χ3n) is 14.0. The highest BCUT2D eigenvalue weighted by Crippen LogP contribution is 2.50. The number of likely N-dealkylation sites (N-methyl/N-ethyl adjacent to an activating group) is 1. The molecule has 1 amide bonds. The number of fused-ring (bicyclic) bond motifs is 3. The molecule has 0 aliphatic carbocycles. The molecule has 11 unspecified atom stereocenters. The van der Waals surface area contributed by atoms with Crippen LogP contribution >= 0.6 is 0 Å². The van der Waals surface area contributed by atoms with Crippen LogP contribution in [0.5, 0.6) is 0 Å². The van der Waals surface area contributed by atoms with Gasteiger partial charge in [-0.2, -0.15) is 0 Å². The Kier molecular flexibility index (Phi) is 13.2. The zero-order valence-corrected chi connectivity index (χ0v) is 31.3. The summed E-state index contributed by atoms with van der Waals surface area (Å²) in [7, 11) is 2.18. The van der Waals surface area contributed by atoms with Gasteiger partial charge in [0.25, 0.3) is 0 Å². The van der Waals surface area contributed by atoms with Crippen LogP contribution in [0.1, 0.15) is 110 Å². The summed E-state index contributed by atoms with van der Waals surface area (Å²) < 4.78 is 31.6. The van der Waals surface area contributed by atoms with Crippen molar-refractivity contribution in [3.63, 3.8) is 0 Å². The number of alkyl halides is 2. The third-order valence-corrected chi connectivity index (χ3v) is 14.0. The third kappa shape index (κ3) is 8.08. The predicted octanol–water partition coefficient (Wildman–Crippen LogP) is 2.92. The van der Waals surface area contributed by atoms with Gasteiger partial charge in [0, 0.05) is 61.8 Å². The van der Waals surface area contributed by atoms with Crippen LogP contribution < -0.4 is 22.1 Å². The first kappa shape index (κ1) is 38.7. The number of carbonyl (C=O) groups excluding carboxylic acids is 1. The van der Waals surface area contributed by atoms with Gasteiger partial charge in [0.2, 0.25) is 5.91 Å². The summed E-state index contributed by atoms with van der Waals surface area (Å²) in [6, 6.07) is -0.433. The summed E-state index contributed by atoms with van der Waals surface area (Å²) in [6.45, 7) is 8.50. The maximum Gasteiger partial charge on any atom is 0.227 e. The predicted molar refractivity (Wildman–Crippen MR) is 195 cm³/mol. The normalized spacial score (nSPS) is 38.7. The molecule has 0 aromatic rings. The van der Waals surface area contributed by atoms with Crippen LogP contribution in [-0.4, -0.2) is 143 Å². The molecule has 10 nitrogen and oxygen atoms in total. The Morgan fingerprint density at radius 1 is 1.00 bits per heavy atom. The van der Waals surface area contributed by atoms with E-state index in [0.29, 0.717) is 44.7 Å². The quantitative estimate of drug-likeness (QED) is 0.122. The van der Waals surface area contributed by atoms with E-state index in [1.807, 2.05) is 0 Å². The molecule has 6 aliphatic heterocycles. The van der Waals surface area contributed by atoms with E-state index >= 15 is 4.39 Å². The van der Waals surface area contributed by atoms with Crippen LogP contribution in [0.4, 0.5) is 8.78 Å². The number of piperazine rings is 1. The number of amides is 1. The second-order valence-corrected chi connectivity index (χ2v) is 17.2. The van der Waals surface area contributed by atoms with Gasteiger partial charge in [-0.15, -0.1) is 0 Å². The van der Waals surface area contributed by atoms with Gasteiger partial charge < -0.3 is 32.1 Å². The van der Waals surface area contributed by atoms with Crippen molar-refractivity contribution in [1.82, 2.24) is 30.2 Å². The number of likely N-dealkylation sites (tertiary alicyclic amines) is 3. The zero-order valence-electron chi connectivity index (χ0n) is 31.3. The van der Waals surface area contributed by atoms with Gasteiger partial charge in [-0.25, -0.2) is 8.78 Å². The second kappa shape index (κ2) is 17.0. The Morgan fingerprint density at radius 2 is 1.74 bits per heavy atom. The number of aliphatic hydroxyl groups is 1. The summed E-state index contributed by atoms with van der Waals surface area (Å²) in [5.74, 6) is -0.771. The Balaban J connectivity index is 1.12. The molecule has 6 saturated heterocycles. The van der Waals surface area contributed by atoms with Crippen LogP contribution in [0, 0.1) is 11.8 Å². The summed E-state index contributed by atoms with van der Waals surface area (Å²) in [4.78, 5) is 23.4. The molecule has 11 atom stereocenters. The number of unbranched alkanes of at least 4 members (excludes halogenated alkanes) is 5. The lowest BCUT2D eigenvalue weighted by Crippen LogP contribution is -2.75. The van der Waals surface area contributed by atoms with E-state index < -0.39 is 42.7 Å². The zero-order chi connectivity index (χ0) is 35.6. The highest BCUT2D eigenvalue weighted by Gasteiger charge is 2.58. The van der Waals surface area contributed by atoms with E-state index in [-0.39, 0.29) is 29.4 Å². The van der Waals surface area contributed by atoms with Crippen molar-refractivity contribution >= 4 is 5.91 Å². The molecule has 0 aromatic heterocycles. The highest BCUT2D eigenvalue weighted by atomic mass is 19.1. The fourth-order valence-electron chi connectivity index (χ4n) is 11.1. The smallest absolute Gasteiger partial charge is 0.227 e. The van der Waals surface area contributed by atoms with Crippen molar-refractivity contribution in [3.8, 4) is 0 Å². The molecule has 2 bridgehead atoms. The van der Waals surface area contributed by atoms with Gasteiger partial charge in [-0.3, -0.25) is 19.5 Å². The average molecular weight is 709 g/mol. The number of nitrogens with two attached hydrogens (primary N) is 2. The number of piperidine rings is 3. The molecule has 0 spiro atoms. The standard InChI is InChI=1S/C38H70F2N8O2/c1-4-6-8-9-11-29-33(40)34(46-17-13-25(14-18-46)37(50)47-24-27-19-28(47)23-45(27)3)30(21-43-29)44-36(49)32(35(41)42)31-20-38(15-10-7-5-2)16-12-26(39)22-48(31)38/h25-35,37,43,50H,4-24,41-42H2,1-3H3,(H,44,49). The van der Waals surface area contributed by atoms with Gasteiger partial charge in [0.1, 0.15) is 18.6 Å². The lowest BCUT2D eigenvalue weighted by atomic mass is 9.65. The van der Waals surface area contributed by atoms with Crippen molar-refractivity contribution in [1.29, 1.82) is 0 Å². The molecule has 6 rings (SSSR count). The van der Waals surface area contributed by atoms with Crippen LogP contribution in [0.3, 0.4) is 0 Å². The largest absolute Gasteiger partial charge is 0.378 e. The van der Waals surface area contributed by atoms with E-state index in [4.69, 9.17) is 11.5 Å². The molecule has 6 heterocycles. The first-order chi connectivity index (χ1) is 24.1. The van der Waals surface area contributed by atoms with Crippen LogP contribution in [0.2, 0.25) is 0 Å². The molecule has 0 radical (unpaired) electrons. The molecule has 6 fully saturated rings. The molecule has 6 aliphatic rings. The van der Waals surface area contributed by atoms with Crippen molar-refractivity contribution < 1.29 is 18.7 Å².